The molecule has 0 radical (unpaired) electrons. The molecule has 0 spiro atoms. The standard InChI is InChI=1S/C12H19NO3/c1-3-9(7-14)13-8(2)11-6-10(15)4-5-12(11)16/h4-6,8-9,13-16H,3,7H2,1-2H3/t8?,9-/m0/s1. The highest BCUT2D eigenvalue weighted by molar-refractivity contribution is 5.40. The van der Waals surface area contributed by atoms with E-state index in [-0.39, 0.29) is 30.2 Å². The summed E-state index contributed by atoms with van der Waals surface area (Å²) < 4.78 is 0. The summed E-state index contributed by atoms with van der Waals surface area (Å²) >= 11 is 0. The van der Waals surface area contributed by atoms with Gasteiger partial charge in [-0.15, -0.1) is 0 Å². The van der Waals surface area contributed by atoms with Crippen LogP contribution in [0.3, 0.4) is 0 Å². The molecule has 0 saturated heterocycles. The first-order chi connectivity index (χ1) is 7.58. The molecule has 16 heavy (non-hydrogen) atoms. The maximum absolute atomic E-state index is 9.65. The van der Waals surface area contributed by atoms with Crippen LogP contribution in [0.25, 0.3) is 0 Å². The quantitative estimate of drug-likeness (QED) is 0.573. The molecule has 0 aliphatic heterocycles. The fourth-order valence-corrected chi connectivity index (χ4v) is 1.63. The third-order valence-electron chi connectivity index (χ3n) is 2.68. The summed E-state index contributed by atoms with van der Waals surface area (Å²) in [6, 6.07) is 4.30. The SMILES string of the molecule is CC[C@@H](CO)NC(C)c1cc(O)ccc1O. The van der Waals surface area contributed by atoms with Crippen LogP contribution in [0, 0.1) is 0 Å². The zero-order chi connectivity index (χ0) is 12.1. The monoisotopic (exact) mass is 225 g/mol. The largest absolute Gasteiger partial charge is 0.508 e. The van der Waals surface area contributed by atoms with Gasteiger partial charge in [0, 0.05) is 17.6 Å². The minimum absolute atomic E-state index is 0.00301. The van der Waals surface area contributed by atoms with Crippen LogP contribution in [-0.4, -0.2) is 28.0 Å². The summed E-state index contributed by atoms with van der Waals surface area (Å²) in [7, 11) is 0. The van der Waals surface area contributed by atoms with E-state index in [0.717, 1.165) is 6.42 Å². The molecular weight excluding hydrogens is 206 g/mol. The molecule has 0 heterocycles. The molecule has 0 saturated carbocycles. The normalized spacial score (nSPS) is 14.7. The molecule has 4 heteroatoms. The number of phenols is 2. The number of rotatable bonds is 5. The summed E-state index contributed by atoms with van der Waals surface area (Å²) in [6.45, 7) is 3.91. The first-order valence-corrected chi connectivity index (χ1v) is 5.47. The van der Waals surface area contributed by atoms with Crippen molar-refractivity contribution in [2.24, 2.45) is 0 Å². The average molecular weight is 225 g/mol. The number of aliphatic hydroxyl groups excluding tert-OH is 1. The molecular formula is C12H19NO3. The predicted molar refractivity (Wildman–Crippen MR) is 62.5 cm³/mol. The van der Waals surface area contributed by atoms with Crippen molar-refractivity contribution < 1.29 is 15.3 Å². The summed E-state index contributed by atoms with van der Waals surface area (Å²) in [5, 5.41) is 31.2. The Morgan fingerprint density at radius 3 is 2.56 bits per heavy atom. The van der Waals surface area contributed by atoms with Crippen LogP contribution in [0.1, 0.15) is 31.9 Å². The van der Waals surface area contributed by atoms with Crippen LogP contribution >= 0.6 is 0 Å². The second-order valence-electron chi connectivity index (χ2n) is 3.92. The molecule has 4 N–H and O–H groups in total. The van der Waals surface area contributed by atoms with Crippen molar-refractivity contribution in [3.8, 4) is 11.5 Å². The van der Waals surface area contributed by atoms with E-state index in [4.69, 9.17) is 5.11 Å². The summed E-state index contributed by atoms with van der Waals surface area (Å²) in [6.07, 6.45) is 0.806. The van der Waals surface area contributed by atoms with E-state index in [1.54, 1.807) is 0 Å². The van der Waals surface area contributed by atoms with E-state index in [0.29, 0.717) is 5.56 Å². The summed E-state index contributed by atoms with van der Waals surface area (Å²) in [5.41, 5.74) is 0.631. The second-order valence-corrected chi connectivity index (χ2v) is 3.92. The number of benzene rings is 1. The maximum Gasteiger partial charge on any atom is 0.120 e. The van der Waals surface area contributed by atoms with E-state index in [1.807, 2.05) is 13.8 Å². The molecule has 1 unspecified atom stereocenters. The number of phenolic OH excluding ortho intramolecular Hbond substituents is 2. The van der Waals surface area contributed by atoms with Gasteiger partial charge in [0.1, 0.15) is 11.5 Å². The van der Waals surface area contributed by atoms with Crippen LogP contribution in [0.15, 0.2) is 18.2 Å². The molecule has 4 nitrogen and oxygen atoms in total. The van der Waals surface area contributed by atoms with Crippen LogP contribution < -0.4 is 5.32 Å². The van der Waals surface area contributed by atoms with E-state index in [1.165, 1.54) is 18.2 Å². The molecule has 1 rings (SSSR count). The van der Waals surface area contributed by atoms with Gasteiger partial charge in [-0.2, -0.15) is 0 Å². The van der Waals surface area contributed by atoms with Crippen molar-refractivity contribution in [1.82, 2.24) is 5.32 Å². The van der Waals surface area contributed by atoms with E-state index >= 15 is 0 Å². The number of hydrogen-bond donors (Lipinski definition) is 4. The van der Waals surface area contributed by atoms with E-state index in [2.05, 4.69) is 5.32 Å². The minimum atomic E-state index is -0.121. The molecule has 0 bridgehead atoms. The first kappa shape index (κ1) is 12.8. The van der Waals surface area contributed by atoms with Crippen LogP contribution in [0.4, 0.5) is 0 Å². The predicted octanol–water partition coefficient (Wildman–Crippen LogP) is 1.52. The van der Waals surface area contributed by atoms with E-state index in [9.17, 15) is 10.2 Å². The van der Waals surface area contributed by atoms with Crippen molar-refractivity contribution in [2.75, 3.05) is 6.61 Å². The van der Waals surface area contributed by atoms with Gasteiger partial charge < -0.3 is 20.6 Å². The van der Waals surface area contributed by atoms with Crippen molar-refractivity contribution in [3.05, 3.63) is 23.8 Å². The maximum atomic E-state index is 9.65. The minimum Gasteiger partial charge on any atom is -0.508 e. The Morgan fingerprint density at radius 2 is 2.00 bits per heavy atom. The van der Waals surface area contributed by atoms with Gasteiger partial charge in [-0.3, -0.25) is 0 Å². The van der Waals surface area contributed by atoms with Gasteiger partial charge in [0.15, 0.2) is 0 Å². The van der Waals surface area contributed by atoms with Crippen molar-refractivity contribution in [1.29, 1.82) is 0 Å². The van der Waals surface area contributed by atoms with Crippen molar-refractivity contribution in [2.45, 2.75) is 32.4 Å². The van der Waals surface area contributed by atoms with Gasteiger partial charge in [0.25, 0.3) is 0 Å². The Bertz CT molecular complexity index is 337. The smallest absolute Gasteiger partial charge is 0.120 e. The van der Waals surface area contributed by atoms with Gasteiger partial charge in [-0.1, -0.05) is 6.92 Å². The van der Waals surface area contributed by atoms with Gasteiger partial charge in [0.2, 0.25) is 0 Å². The molecule has 1 aromatic rings. The van der Waals surface area contributed by atoms with Crippen LogP contribution in [0.2, 0.25) is 0 Å². The zero-order valence-corrected chi connectivity index (χ0v) is 9.64. The van der Waals surface area contributed by atoms with Crippen LogP contribution in [0.5, 0.6) is 11.5 Å². The van der Waals surface area contributed by atoms with Crippen LogP contribution in [-0.2, 0) is 0 Å². The van der Waals surface area contributed by atoms with Crippen molar-refractivity contribution >= 4 is 0 Å². The Balaban J connectivity index is 2.79. The lowest BCUT2D eigenvalue weighted by molar-refractivity contribution is 0.229. The Morgan fingerprint density at radius 1 is 1.31 bits per heavy atom. The molecule has 0 amide bonds. The van der Waals surface area contributed by atoms with E-state index < -0.39 is 0 Å². The molecule has 0 aromatic heterocycles. The zero-order valence-electron chi connectivity index (χ0n) is 9.64. The highest BCUT2D eigenvalue weighted by Gasteiger charge is 2.14. The first-order valence-electron chi connectivity index (χ1n) is 5.47. The summed E-state index contributed by atoms with van der Waals surface area (Å²) in [4.78, 5) is 0. The van der Waals surface area contributed by atoms with Gasteiger partial charge in [-0.05, 0) is 31.5 Å². The lowest BCUT2D eigenvalue weighted by Gasteiger charge is -2.21. The fourth-order valence-electron chi connectivity index (χ4n) is 1.63. The Kier molecular flexibility index (Phi) is 4.58. The highest BCUT2D eigenvalue weighted by atomic mass is 16.3. The molecule has 90 valence electrons. The molecule has 0 aliphatic carbocycles. The fraction of sp³-hybridized carbons (Fsp3) is 0.500. The van der Waals surface area contributed by atoms with Gasteiger partial charge >= 0.3 is 0 Å². The Hall–Kier alpha value is -1.26. The second kappa shape index (κ2) is 5.72. The third kappa shape index (κ3) is 3.12. The lowest BCUT2D eigenvalue weighted by atomic mass is 10.1. The summed E-state index contributed by atoms with van der Waals surface area (Å²) in [5.74, 6) is 0.268. The number of aromatic hydroxyl groups is 2. The third-order valence-corrected chi connectivity index (χ3v) is 2.68. The average Bonchev–Trinajstić information content (AvgIpc) is 2.28. The number of nitrogens with one attached hydrogen (secondary N) is 1. The van der Waals surface area contributed by atoms with Crippen molar-refractivity contribution in [3.63, 3.8) is 0 Å². The molecule has 1 aromatic carbocycles. The lowest BCUT2D eigenvalue weighted by Crippen LogP contribution is -2.33. The highest BCUT2D eigenvalue weighted by Crippen LogP contribution is 2.27. The molecule has 0 fully saturated rings. The topological polar surface area (TPSA) is 72.7 Å². The number of hydrogen-bond acceptors (Lipinski definition) is 4. The van der Waals surface area contributed by atoms with Gasteiger partial charge in [-0.25, -0.2) is 0 Å². The molecule has 2 atom stereocenters. The van der Waals surface area contributed by atoms with Gasteiger partial charge in [0.05, 0.1) is 6.61 Å². The Labute approximate surface area is 95.6 Å². The molecule has 0 aliphatic rings. The number of aliphatic hydroxyl groups is 1.